The highest BCUT2D eigenvalue weighted by molar-refractivity contribution is 6.04. The van der Waals surface area contributed by atoms with E-state index < -0.39 is 17.8 Å². The number of amides is 2. The molecule has 0 spiro atoms. The molecular weight excluding hydrogens is 513 g/mol. The molecule has 2 aromatic heterocycles. The van der Waals surface area contributed by atoms with Crippen LogP contribution in [0.1, 0.15) is 45.9 Å². The Morgan fingerprint density at radius 2 is 1.90 bits per heavy atom. The molecule has 1 fully saturated rings. The van der Waals surface area contributed by atoms with Crippen LogP contribution >= 0.6 is 0 Å². The molecule has 2 aliphatic heterocycles. The van der Waals surface area contributed by atoms with E-state index in [1.165, 1.54) is 6.07 Å². The third kappa shape index (κ3) is 5.37. The molecule has 1 saturated heterocycles. The lowest BCUT2D eigenvalue weighted by molar-refractivity contribution is -0.141. The summed E-state index contributed by atoms with van der Waals surface area (Å²) in [6.45, 7) is 2.89. The number of carbonyl (C=O) groups excluding carboxylic acids is 2. The number of β-amino-alcohol motifs (C(OH)–C–C–N with tert-alkyl or cyclic N) is 1. The SMILES string of the molecule is Cc1ccc(NC(=O)c2ccnc(C(F)(F)F)c2)cc1-c1cnc2c(c1)C1CCOCCC1C(=O)N2CCO. The second-order valence-corrected chi connectivity index (χ2v) is 9.66. The topological polar surface area (TPSA) is 105 Å². The zero-order valence-electron chi connectivity index (χ0n) is 21.2. The molecule has 2 amide bonds. The third-order valence-electron chi connectivity index (χ3n) is 7.21. The Morgan fingerprint density at radius 1 is 1.13 bits per heavy atom. The summed E-state index contributed by atoms with van der Waals surface area (Å²) in [6, 6.07) is 9.16. The minimum Gasteiger partial charge on any atom is -0.395 e. The fourth-order valence-corrected chi connectivity index (χ4v) is 5.27. The van der Waals surface area contributed by atoms with Crippen molar-refractivity contribution in [2.24, 2.45) is 5.92 Å². The number of hydrogen-bond donors (Lipinski definition) is 2. The molecule has 0 radical (unpaired) electrons. The summed E-state index contributed by atoms with van der Waals surface area (Å²) in [6.07, 6.45) is -0.806. The van der Waals surface area contributed by atoms with E-state index in [9.17, 15) is 27.9 Å². The number of alkyl halides is 3. The Morgan fingerprint density at radius 3 is 2.64 bits per heavy atom. The van der Waals surface area contributed by atoms with Gasteiger partial charge < -0.3 is 15.2 Å². The van der Waals surface area contributed by atoms with E-state index in [1.807, 2.05) is 19.1 Å². The maximum absolute atomic E-state index is 13.2. The lowest BCUT2D eigenvalue weighted by Crippen LogP contribution is -2.45. The van der Waals surface area contributed by atoms with Crippen molar-refractivity contribution in [2.45, 2.75) is 31.9 Å². The lowest BCUT2D eigenvalue weighted by atomic mass is 9.78. The highest BCUT2D eigenvalue weighted by atomic mass is 19.4. The number of nitrogens with one attached hydrogen (secondary N) is 1. The number of halogens is 3. The quantitative estimate of drug-likeness (QED) is 0.491. The van der Waals surface area contributed by atoms with Crippen molar-refractivity contribution in [2.75, 3.05) is 36.6 Å². The van der Waals surface area contributed by atoms with Crippen LogP contribution in [0, 0.1) is 12.8 Å². The maximum Gasteiger partial charge on any atom is 0.433 e. The number of anilines is 2. The molecule has 8 nitrogen and oxygen atoms in total. The molecule has 11 heteroatoms. The first kappa shape index (κ1) is 26.8. The summed E-state index contributed by atoms with van der Waals surface area (Å²) in [5, 5.41) is 12.3. The monoisotopic (exact) mass is 540 g/mol. The van der Waals surface area contributed by atoms with Gasteiger partial charge in [-0.05, 0) is 66.8 Å². The van der Waals surface area contributed by atoms with Gasteiger partial charge in [-0.15, -0.1) is 0 Å². The number of fused-ring (bicyclic) bond motifs is 3. The van der Waals surface area contributed by atoms with Crippen LogP contribution in [0.3, 0.4) is 0 Å². The summed E-state index contributed by atoms with van der Waals surface area (Å²) >= 11 is 0. The predicted molar refractivity (Wildman–Crippen MR) is 137 cm³/mol. The van der Waals surface area contributed by atoms with Crippen molar-refractivity contribution >= 4 is 23.3 Å². The summed E-state index contributed by atoms with van der Waals surface area (Å²) in [7, 11) is 0. The van der Waals surface area contributed by atoms with Crippen molar-refractivity contribution in [1.29, 1.82) is 0 Å². The number of benzene rings is 1. The van der Waals surface area contributed by atoms with Gasteiger partial charge in [0, 0.05) is 54.3 Å². The van der Waals surface area contributed by atoms with Crippen LogP contribution in [0.4, 0.5) is 24.7 Å². The molecule has 0 aliphatic carbocycles. The number of aryl methyl sites for hydroxylation is 1. The Hall–Kier alpha value is -3.83. The fraction of sp³-hybridized carbons (Fsp3) is 0.357. The van der Waals surface area contributed by atoms with Gasteiger partial charge in [-0.1, -0.05) is 6.07 Å². The fourth-order valence-electron chi connectivity index (χ4n) is 5.27. The molecule has 2 aliphatic rings. The number of aromatic nitrogens is 2. The number of ether oxygens (including phenoxy) is 1. The van der Waals surface area contributed by atoms with Gasteiger partial charge >= 0.3 is 6.18 Å². The van der Waals surface area contributed by atoms with Crippen molar-refractivity contribution in [3.05, 3.63) is 71.2 Å². The number of rotatable bonds is 5. The van der Waals surface area contributed by atoms with Crippen LogP contribution in [0.2, 0.25) is 0 Å². The number of aliphatic hydroxyl groups is 1. The second kappa shape index (κ2) is 10.7. The van der Waals surface area contributed by atoms with E-state index in [0.29, 0.717) is 43.6 Å². The Balaban J connectivity index is 1.48. The van der Waals surface area contributed by atoms with Gasteiger partial charge in [0.15, 0.2) is 0 Å². The second-order valence-electron chi connectivity index (χ2n) is 9.66. The molecule has 0 bridgehead atoms. The predicted octanol–water partition coefficient (Wildman–Crippen LogP) is 4.57. The molecule has 2 unspecified atom stereocenters. The van der Waals surface area contributed by atoms with Gasteiger partial charge in [-0.25, -0.2) is 4.98 Å². The van der Waals surface area contributed by atoms with Crippen LogP contribution in [-0.4, -0.2) is 53.3 Å². The standard InChI is InChI=1S/C28H27F3N4O4/c1-16-2-3-19(34-26(37)17-4-7-32-24(13-17)28(29,30)31)14-22(16)18-12-23-20-5-10-39-11-6-21(20)27(38)35(8-9-36)25(23)33-15-18/h2-4,7,12-15,20-21,36H,5-6,8-11H2,1H3,(H,34,37). The third-order valence-corrected chi connectivity index (χ3v) is 7.21. The average molecular weight is 541 g/mol. The minimum absolute atomic E-state index is 0.0574. The largest absolute Gasteiger partial charge is 0.433 e. The highest BCUT2D eigenvalue weighted by Gasteiger charge is 2.41. The lowest BCUT2D eigenvalue weighted by Gasteiger charge is -2.37. The van der Waals surface area contributed by atoms with Gasteiger partial charge in [0.1, 0.15) is 11.5 Å². The molecular formula is C28H27F3N4O4. The Labute approximate surface area is 222 Å². The maximum atomic E-state index is 13.2. The molecule has 2 atom stereocenters. The molecule has 4 heterocycles. The van der Waals surface area contributed by atoms with Gasteiger partial charge in [-0.3, -0.25) is 19.5 Å². The molecule has 39 heavy (non-hydrogen) atoms. The first-order valence-electron chi connectivity index (χ1n) is 12.6. The van der Waals surface area contributed by atoms with Gasteiger partial charge in [0.2, 0.25) is 5.91 Å². The van der Waals surface area contributed by atoms with Crippen molar-refractivity contribution in [1.82, 2.24) is 9.97 Å². The van der Waals surface area contributed by atoms with E-state index in [0.717, 1.165) is 28.5 Å². The molecule has 204 valence electrons. The van der Waals surface area contributed by atoms with E-state index in [1.54, 1.807) is 23.2 Å². The van der Waals surface area contributed by atoms with Crippen LogP contribution < -0.4 is 10.2 Å². The number of aliphatic hydroxyl groups excluding tert-OH is 1. The van der Waals surface area contributed by atoms with Crippen LogP contribution in [0.25, 0.3) is 11.1 Å². The van der Waals surface area contributed by atoms with Crippen LogP contribution in [0.5, 0.6) is 0 Å². The zero-order valence-corrected chi connectivity index (χ0v) is 21.2. The number of nitrogens with zero attached hydrogens (tertiary/aromatic N) is 3. The Bertz CT molecular complexity index is 1410. The van der Waals surface area contributed by atoms with Crippen molar-refractivity contribution in [3.8, 4) is 11.1 Å². The van der Waals surface area contributed by atoms with E-state index >= 15 is 0 Å². The van der Waals surface area contributed by atoms with Crippen LogP contribution in [-0.2, 0) is 15.7 Å². The van der Waals surface area contributed by atoms with E-state index in [2.05, 4.69) is 15.3 Å². The van der Waals surface area contributed by atoms with Crippen LogP contribution in [0.15, 0.2) is 48.8 Å². The van der Waals surface area contributed by atoms with Gasteiger partial charge in [0.05, 0.1) is 13.2 Å². The van der Waals surface area contributed by atoms with Gasteiger partial charge in [-0.2, -0.15) is 13.2 Å². The van der Waals surface area contributed by atoms with E-state index in [4.69, 9.17) is 4.74 Å². The van der Waals surface area contributed by atoms with Crippen molar-refractivity contribution in [3.63, 3.8) is 0 Å². The zero-order chi connectivity index (χ0) is 27.7. The number of hydrogen-bond acceptors (Lipinski definition) is 6. The molecule has 1 aromatic carbocycles. The van der Waals surface area contributed by atoms with E-state index in [-0.39, 0.29) is 36.5 Å². The minimum atomic E-state index is -4.66. The molecule has 2 N–H and O–H groups in total. The Kier molecular flexibility index (Phi) is 7.37. The van der Waals surface area contributed by atoms with Gasteiger partial charge in [0.25, 0.3) is 5.91 Å². The molecule has 0 saturated carbocycles. The summed E-state index contributed by atoms with van der Waals surface area (Å²) < 4.78 is 44.8. The number of carbonyl (C=O) groups is 2. The number of pyridine rings is 2. The smallest absolute Gasteiger partial charge is 0.395 e. The summed E-state index contributed by atoms with van der Waals surface area (Å²) in [4.78, 5) is 35.4. The summed E-state index contributed by atoms with van der Waals surface area (Å²) in [5.41, 5.74) is 2.45. The normalized spacial score (nSPS) is 19.2. The highest BCUT2D eigenvalue weighted by Crippen LogP contribution is 2.44. The first-order valence-corrected chi connectivity index (χ1v) is 12.6. The molecule has 3 aromatic rings. The summed E-state index contributed by atoms with van der Waals surface area (Å²) in [5.74, 6) is -0.563. The average Bonchev–Trinajstić information content (AvgIpc) is 3.18. The first-order chi connectivity index (χ1) is 18.7. The van der Waals surface area contributed by atoms with Crippen molar-refractivity contribution < 1.29 is 32.6 Å². The molecule has 5 rings (SSSR count).